The Balaban J connectivity index is 1.89. The van der Waals surface area contributed by atoms with Gasteiger partial charge in [-0.3, -0.25) is 0 Å². The van der Waals surface area contributed by atoms with Gasteiger partial charge in [-0.2, -0.15) is 4.39 Å². The lowest BCUT2D eigenvalue weighted by Crippen LogP contribution is -2.37. The van der Waals surface area contributed by atoms with Crippen LogP contribution in [0.1, 0.15) is 25.3 Å². The monoisotopic (exact) mass is 320 g/mol. The summed E-state index contributed by atoms with van der Waals surface area (Å²) in [4.78, 5) is 0. The molecule has 0 aromatic heterocycles. The normalized spacial score (nSPS) is 24.8. The Labute approximate surface area is 127 Å². The van der Waals surface area contributed by atoms with Gasteiger partial charge in [0.1, 0.15) is 12.8 Å². The van der Waals surface area contributed by atoms with E-state index < -0.39 is 42.3 Å². The van der Waals surface area contributed by atoms with Gasteiger partial charge in [-0.15, -0.1) is 0 Å². The van der Waals surface area contributed by atoms with Gasteiger partial charge in [-0.25, -0.2) is 13.2 Å². The molecule has 124 valence electrons. The van der Waals surface area contributed by atoms with Crippen LogP contribution in [-0.2, 0) is 4.74 Å². The maximum atomic E-state index is 14.1. The van der Waals surface area contributed by atoms with E-state index in [1.165, 1.54) is 19.1 Å². The topological polar surface area (TPSA) is 18.5 Å². The summed E-state index contributed by atoms with van der Waals surface area (Å²) in [6.07, 6.45) is -2.38. The summed E-state index contributed by atoms with van der Waals surface area (Å²) >= 11 is 0. The van der Waals surface area contributed by atoms with Gasteiger partial charge in [0.05, 0.1) is 12.7 Å². The molecule has 0 aliphatic carbocycles. The molecule has 0 bridgehead atoms. The zero-order valence-electron chi connectivity index (χ0n) is 12.6. The van der Waals surface area contributed by atoms with Crippen molar-refractivity contribution in [2.75, 3.05) is 13.2 Å². The first-order chi connectivity index (χ1) is 10.4. The number of hydrogen-bond donors (Lipinski definition) is 0. The molecular formula is C16H20F4O2. The molecule has 0 radical (unpaired) electrons. The third-order valence-electron chi connectivity index (χ3n) is 3.97. The summed E-state index contributed by atoms with van der Waals surface area (Å²) in [5.74, 6) is -3.17. The predicted molar refractivity (Wildman–Crippen MR) is 74.5 cm³/mol. The van der Waals surface area contributed by atoms with Gasteiger partial charge in [0.2, 0.25) is 5.82 Å². The van der Waals surface area contributed by atoms with Gasteiger partial charge < -0.3 is 9.47 Å². The Morgan fingerprint density at radius 3 is 2.59 bits per heavy atom. The lowest BCUT2D eigenvalue weighted by atomic mass is 9.92. The van der Waals surface area contributed by atoms with Crippen molar-refractivity contribution in [1.82, 2.24) is 0 Å². The van der Waals surface area contributed by atoms with Crippen molar-refractivity contribution in [3.8, 4) is 5.75 Å². The molecule has 2 rings (SSSR count). The Bertz CT molecular complexity index is 501. The Hall–Kier alpha value is -1.30. The third-order valence-corrected chi connectivity index (χ3v) is 3.97. The molecule has 22 heavy (non-hydrogen) atoms. The van der Waals surface area contributed by atoms with E-state index in [1.807, 2.05) is 6.92 Å². The van der Waals surface area contributed by atoms with E-state index in [9.17, 15) is 17.6 Å². The Morgan fingerprint density at radius 2 is 1.95 bits per heavy atom. The minimum atomic E-state index is -1.91. The van der Waals surface area contributed by atoms with E-state index in [2.05, 4.69) is 0 Å². The minimum Gasteiger partial charge on any atom is -0.487 e. The van der Waals surface area contributed by atoms with Gasteiger partial charge >= 0.3 is 0 Å². The summed E-state index contributed by atoms with van der Waals surface area (Å²) in [5.41, 5.74) is 0.124. The van der Waals surface area contributed by atoms with Crippen LogP contribution in [0.5, 0.6) is 5.75 Å². The largest absolute Gasteiger partial charge is 0.487 e. The van der Waals surface area contributed by atoms with Crippen LogP contribution in [0.2, 0.25) is 0 Å². The molecule has 1 aliphatic rings. The highest BCUT2D eigenvalue weighted by molar-refractivity contribution is 5.30. The quantitative estimate of drug-likeness (QED) is 0.759. The zero-order chi connectivity index (χ0) is 16.3. The fourth-order valence-corrected chi connectivity index (χ4v) is 2.45. The average Bonchev–Trinajstić information content (AvgIpc) is 2.51. The van der Waals surface area contributed by atoms with E-state index in [4.69, 9.17) is 9.47 Å². The molecule has 1 aliphatic heterocycles. The summed E-state index contributed by atoms with van der Waals surface area (Å²) in [6, 6.07) is 2.53. The molecule has 1 saturated heterocycles. The molecular weight excluding hydrogens is 300 g/mol. The van der Waals surface area contributed by atoms with Gasteiger partial charge in [-0.1, -0.05) is 6.07 Å². The third kappa shape index (κ3) is 3.91. The fourth-order valence-electron chi connectivity index (χ4n) is 2.45. The summed E-state index contributed by atoms with van der Waals surface area (Å²) in [6.45, 7) is 2.79. The molecule has 1 aromatic carbocycles. The van der Waals surface area contributed by atoms with Crippen LogP contribution in [0.15, 0.2) is 12.1 Å². The van der Waals surface area contributed by atoms with E-state index in [-0.39, 0.29) is 18.3 Å². The highest BCUT2D eigenvalue weighted by Gasteiger charge is 2.33. The van der Waals surface area contributed by atoms with Crippen molar-refractivity contribution < 1.29 is 27.0 Å². The molecule has 1 heterocycles. The van der Waals surface area contributed by atoms with Gasteiger partial charge in [0.25, 0.3) is 0 Å². The first-order valence-electron chi connectivity index (χ1n) is 7.37. The molecule has 0 spiro atoms. The molecule has 0 N–H and O–H groups in total. The SMILES string of the molecule is Cc1ccc(OCC(F)C(F)C2CCC(C)OC2)c(F)c1F. The van der Waals surface area contributed by atoms with Crippen LogP contribution >= 0.6 is 0 Å². The summed E-state index contributed by atoms with van der Waals surface area (Å²) in [7, 11) is 0. The second-order valence-corrected chi connectivity index (χ2v) is 5.76. The van der Waals surface area contributed by atoms with E-state index in [0.717, 1.165) is 0 Å². The lowest BCUT2D eigenvalue weighted by molar-refractivity contribution is -0.0479. The van der Waals surface area contributed by atoms with Crippen LogP contribution in [0.4, 0.5) is 17.6 Å². The molecule has 4 atom stereocenters. The maximum Gasteiger partial charge on any atom is 0.200 e. The second kappa shape index (κ2) is 7.31. The van der Waals surface area contributed by atoms with Crippen LogP contribution in [0, 0.1) is 24.5 Å². The van der Waals surface area contributed by atoms with Crippen molar-refractivity contribution >= 4 is 0 Å². The lowest BCUT2D eigenvalue weighted by Gasteiger charge is -2.30. The van der Waals surface area contributed by atoms with Crippen molar-refractivity contribution in [3.05, 3.63) is 29.3 Å². The van der Waals surface area contributed by atoms with E-state index in [1.54, 1.807) is 0 Å². The molecule has 6 heteroatoms. The number of aryl methyl sites for hydroxylation is 1. The molecule has 1 aromatic rings. The number of benzene rings is 1. The Morgan fingerprint density at radius 1 is 1.23 bits per heavy atom. The van der Waals surface area contributed by atoms with E-state index in [0.29, 0.717) is 12.8 Å². The number of rotatable bonds is 5. The van der Waals surface area contributed by atoms with Crippen molar-refractivity contribution in [3.63, 3.8) is 0 Å². The van der Waals surface area contributed by atoms with Crippen molar-refractivity contribution in [2.45, 2.75) is 45.1 Å². The number of halogens is 4. The predicted octanol–water partition coefficient (Wildman–Crippen LogP) is 4.14. The van der Waals surface area contributed by atoms with E-state index >= 15 is 0 Å². The van der Waals surface area contributed by atoms with Crippen molar-refractivity contribution in [2.24, 2.45) is 5.92 Å². The minimum absolute atomic E-state index is 0.0578. The number of hydrogen-bond acceptors (Lipinski definition) is 2. The first kappa shape index (κ1) is 17.1. The summed E-state index contributed by atoms with van der Waals surface area (Å²) in [5, 5.41) is 0. The van der Waals surface area contributed by atoms with Crippen LogP contribution in [0.3, 0.4) is 0 Å². The Kier molecular flexibility index (Phi) is 5.67. The zero-order valence-corrected chi connectivity index (χ0v) is 12.6. The standard InChI is InChI=1S/C16H20F4O2/c1-9-3-6-13(16(20)14(9)18)22-8-12(17)15(19)11-5-4-10(2)21-7-11/h3,6,10-12,15H,4-5,7-8H2,1-2H3. The highest BCUT2D eigenvalue weighted by atomic mass is 19.2. The van der Waals surface area contributed by atoms with Crippen LogP contribution in [-0.4, -0.2) is 31.7 Å². The number of ether oxygens (including phenoxy) is 2. The van der Waals surface area contributed by atoms with Gasteiger partial charge in [0.15, 0.2) is 17.7 Å². The summed E-state index contributed by atoms with van der Waals surface area (Å²) < 4.78 is 65.1. The smallest absolute Gasteiger partial charge is 0.200 e. The molecule has 4 unspecified atom stereocenters. The van der Waals surface area contributed by atoms with Gasteiger partial charge in [-0.05, 0) is 38.3 Å². The first-order valence-corrected chi connectivity index (χ1v) is 7.37. The van der Waals surface area contributed by atoms with Crippen LogP contribution < -0.4 is 4.74 Å². The number of alkyl halides is 2. The average molecular weight is 320 g/mol. The molecule has 1 fully saturated rings. The van der Waals surface area contributed by atoms with Gasteiger partial charge in [0, 0.05) is 5.92 Å². The fraction of sp³-hybridized carbons (Fsp3) is 0.625. The van der Waals surface area contributed by atoms with Crippen LogP contribution in [0.25, 0.3) is 0 Å². The highest BCUT2D eigenvalue weighted by Crippen LogP contribution is 2.27. The molecule has 0 saturated carbocycles. The van der Waals surface area contributed by atoms with Crippen molar-refractivity contribution in [1.29, 1.82) is 0 Å². The molecule has 2 nitrogen and oxygen atoms in total. The maximum absolute atomic E-state index is 14.1. The second-order valence-electron chi connectivity index (χ2n) is 5.76. The molecule has 0 amide bonds.